The van der Waals surface area contributed by atoms with Crippen LogP contribution in [-0.4, -0.2) is 74.9 Å². The van der Waals surface area contributed by atoms with Gasteiger partial charge in [-0.25, -0.2) is 4.57 Å². The zero-order chi connectivity index (χ0) is 62.6. The van der Waals surface area contributed by atoms with E-state index < -0.39 is 26.5 Å². The van der Waals surface area contributed by atoms with E-state index >= 15 is 0 Å². The average molecular weight is 1220 g/mol. The normalized spacial score (nSPS) is 13.9. The van der Waals surface area contributed by atoms with Gasteiger partial charge >= 0.3 is 19.8 Å². The highest BCUT2D eigenvalue weighted by Gasteiger charge is 2.27. The quantitative estimate of drug-likeness (QED) is 0.0211. The maximum atomic E-state index is 12.9. The van der Waals surface area contributed by atoms with Crippen molar-refractivity contribution in [2.45, 2.75) is 302 Å². The van der Waals surface area contributed by atoms with Crippen LogP contribution in [0.5, 0.6) is 0 Å². The molecule has 0 fully saturated rings. The lowest BCUT2D eigenvalue weighted by atomic mass is 10.0. The minimum Gasteiger partial charge on any atom is -0.462 e. The van der Waals surface area contributed by atoms with Crippen LogP contribution in [0.25, 0.3) is 0 Å². The summed E-state index contributed by atoms with van der Waals surface area (Å²) in [5, 5.41) is 0. The summed E-state index contributed by atoms with van der Waals surface area (Å²) in [5.41, 5.74) is 0. The Labute approximate surface area is 530 Å². The second-order valence-corrected chi connectivity index (χ2v) is 26.0. The molecular weight excluding hydrogens is 1090 g/mol. The fourth-order valence-corrected chi connectivity index (χ4v) is 10.3. The summed E-state index contributed by atoms with van der Waals surface area (Å²) in [6.07, 6.45) is 94.4. The number of likely N-dealkylation sites (N-methyl/N-ethyl adjacent to an activating group) is 1. The van der Waals surface area contributed by atoms with Gasteiger partial charge in [0.05, 0.1) is 27.7 Å². The molecule has 0 spiro atoms. The highest BCUT2D eigenvalue weighted by atomic mass is 31.2. The zero-order valence-corrected chi connectivity index (χ0v) is 57.2. The van der Waals surface area contributed by atoms with Crippen LogP contribution in [0.2, 0.25) is 0 Å². The van der Waals surface area contributed by atoms with E-state index in [2.05, 4.69) is 135 Å². The van der Waals surface area contributed by atoms with Crippen molar-refractivity contribution >= 4 is 19.8 Å². The third-order valence-electron chi connectivity index (χ3n) is 15.0. The van der Waals surface area contributed by atoms with Crippen LogP contribution in [0.4, 0.5) is 0 Å². The first-order chi connectivity index (χ1) is 42.0. The Morgan fingerprint density at radius 3 is 0.988 bits per heavy atom. The lowest BCUT2D eigenvalue weighted by molar-refractivity contribution is -0.870. The summed E-state index contributed by atoms with van der Waals surface area (Å²) in [5.74, 6) is -0.797. The number of quaternary nitrogens is 1. The number of allylic oxidation sites excluding steroid dienone is 20. The molecule has 1 N–H and O–H groups in total. The molecule has 0 saturated carbocycles. The minimum absolute atomic E-state index is 0.0271. The molecule has 494 valence electrons. The molecule has 86 heavy (non-hydrogen) atoms. The van der Waals surface area contributed by atoms with Gasteiger partial charge in [-0.2, -0.15) is 0 Å². The third-order valence-corrected chi connectivity index (χ3v) is 16.0. The fourth-order valence-electron chi connectivity index (χ4n) is 9.59. The van der Waals surface area contributed by atoms with E-state index in [1.165, 1.54) is 167 Å². The summed E-state index contributed by atoms with van der Waals surface area (Å²) in [6.45, 7) is 4.33. The summed E-state index contributed by atoms with van der Waals surface area (Å²) in [7, 11) is 1.47. The fraction of sp³-hybridized carbons (Fsp3) is 0.711. The van der Waals surface area contributed by atoms with Crippen molar-refractivity contribution in [3.8, 4) is 0 Å². The maximum absolute atomic E-state index is 12.9. The number of phosphoric ester groups is 1. The molecule has 0 rings (SSSR count). The third kappa shape index (κ3) is 69.5. The highest BCUT2D eigenvalue weighted by Crippen LogP contribution is 2.43. The van der Waals surface area contributed by atoms with Gasteiger partial charge in [-0.05, 0) is 109 Å². The number of rotatable bonds is 64. The smallest absolute Gasteiger partial charge is 0.462 e. The van der Waals surface area contributed by atoms with Gasteiger partial charge in [0.15, 0.2) is 6.10 Å². The van der Waals surface area contributed by atoms with E-state index in [0.717, 1.165) is 96.3 Å². The number of carbonyl (C=O) groups excluding carboxylic acids is 2. The number of nitrogens with zero attached hydrogens (tertiary/aromatic N) is 1. The van der Waals surface area contributed by atoms with Gasteiger partial charge in [0.2, 0.25) is 0 Å². The molecular formula is C76H133NO8P+. The molecule has 0 aliphatic heterocycles. The lowest BCUT2D eigenvalue weighted by Gasteiger charge is -2.24. The molecule has 0 aromatic carbocycles. The first-order valence-electron chi connectivity index (χ1n) is 35.3. The number of unbranched alkanes of at least 4 members (excludes halogenated alkanes) is 30. The molecule has 0 bridgehead atoms. The molecule has 0 amide bonds. The van der Waals surface area contributed by atoms with Gasteiger partial charge in [-0.15, -0.1) is 0 Å². The molecule has 0 aromatic rings. The Hall–Kier alpha value is -3.59. The second kappa shape index (κ2) is 65.8. The van der Waals surface area contributed by atoms with E-state index in [1.54, 1.807) is 0 Å². The molecule has 0 aromatic heterocycles. The maximum Gasteiger partial charge on any atom is 0.472 e. The van der Waals surface area contributed by atoms with Crippen LogP contribution in [0.1, 0.15) is 296 Å². The van der Waals surface area contributed by atoms with Crippen LogP contribution in [0.3, 0.4) is 0 Å². The summed E-state index contributed by atoms with van der Waals surface area (Å²) < 4.78 is 34.7. The Bertz CT molecular complexity index is 1870. The molecule has 9 nitrogen and oxygen atoms in total. The number of carbonyl (C=O) groups is 2. The van der Waals surface area contributed by atoms with Crippen molar-refractivity contribution in [1.29, 1.82) is 0 Å². The number of esters is 2. The van der Waals surface area contributed by atoms with Crippen LogP contribution in [0.15, 0.2) is 122 Å². The van der Waals surface area contributed by atoms with Gasteiger partial charge in [0, 0.05) is 12.8 Å². The molecule has 0 aliphatic rings. The summed E-state index contributed by atoms with van der Waals surface area (Å²) in [6, 6.07) is 0. The van der Waals surface area contributed by atoms with Crippen molar-refractivity contribution in [3.05, 3.63) is 122 Å². The number of phosphoric acid groups is 1. The Kier molecular flexibility index (Phi) is 63.1. The van der Waals surface area contributed by atoms with E-state index in [-0.39, 0.29) is 32.0 Å². The Morgan fingerprint density at radius 1 is 0.372 bits per heavy atom. The predicted octanol–water partition coefficient (Wildman–Crippen LogP) is 23.0. The Balaban J connectivity index is 4.07. The highest BCUT2D eigenvalue weighted by molar-refractivity contribution is 7.47. The van der Waals surface area contributed by atoms with E-state index in [1.807, 2.05) is 21.1 Å². The van der Waals surface area contributed by atoms with Crippen molar-refractivity contribution < 1.29 is 42.1 Å². The predicted molar refractivity (Wildman–Crippen MR) is 371 cm³/mol. The minimum atomic E-state index is -4.40. The van der Waals surface area contributed by atoms with Crippen molar-refractivity contribution in [2.75, 3.05) is 47.5 Å². The first kappa shape index (κ1) is 82.4. The number of hydrogen-bond acceptors (Lipinski definition) is 7. The van der Waals surface area contributed by atoms with Crippen molar-refractivity contribution in [2.24, 2.45) is 0 Å². The van der Waals surface area contributed by atoms with Crippen LogP contribution < -0.4 is 0 Å². The standard InChI is InChI=1S/C76H132NO8P/c1-6-8-10-12-14-16-18-20-22-24-26-28-30-32-33-34-35-36-37-38-39-40-41-42-43-45-47-49-51-53-55-57-59-61-63-65-67-69-76(79)85-74(73-84-86(80,81)83-71-70-77(3,4)5)72-82-75(78)68-66-64-62-60-58-56-54-52-50-48-46-44-31-29-27-25-23-21-19-17-15-13-11-9-7-2/h8,10,14,16,19-22,25-28,32-33,35-36,38-39,41-42,74H,6-7,9,11-13,15,17-18,23-24,29-31,34,37,40,43-73H2,1-5H3/p+1/b10-8-,16-14-,21-19-,22-20-,27-25-,28-26-,33-32-,36-35-,39-38-,42-41-. The van der Waals surface area contributed by atoms with Crippen molar-refractivity contribution in [1.82, 2.24) is 0 Å². The summed E-state index contributed by atoms with van der Waals surface area (Å²) in [4.78, 5) is 35.9. The second-order valence-electron chi connectivity index (χ2n) is 24.5. The van der Waals surface area contributed by atoms with Gasteiger partial charge in [-0.1, -0.05) is 296 Å². The molecule has 2 atom stereocenters. The first-order valence-corrected chi connectivity index (χ1v) is 36.8. The molecule has 0 heterocycles. The van der Waals surface area contributed by atoms with Crippen LogP contribution in [0, 0.1) is 0 Å². The van der Waals surface area contributed by atoms with Gasteiger partial charge in [0.25, 0.3) is 0 Å². The van der Waals surface area contributed by atoms with E-state index in [4.69, 9.17) is 18.5 Å². The number of hydrogen-bond donors (Lipinski definition) is 1. The van der Waals surface area contributed by atoms with E-state index in [9.17, 15) is 19.0 Å². The topological polar surface area (TPSA) is 108 Å². The van der Waals surface area contributed by atoms with Crippen molar-refractivity contribution in [3.63, 3.8) is 0 Å². The van der Waals surface area contributed by atoms with Crippen LogP contribution in [-0.2, 0) is 32.7 Å². The largest absolute Gasteiger partial charge is 0.472 e. The molecule has 0 saturated heterocycles. The molecule has 0 radical (unpaired) electrons. The average Bonchev–Trinajstić information content (AvgIpc) is 3.67. The Morgan fingerprint density at radius 2 is 0.663 bits per heavy atom. The van der Waals surface area contributed by atoms with Gasteiger partial charge in [0.1, 0.15) is 19.8 Å². The lowest BCUT2D eigenvalue weighted by Crippen LogP contribution is -2.37. The monoisotopic (exact) mass is 1220 g/mol. The van der Waals surface area contributed by atoms with Gasteiger partial charge in [-0.3, -0.25) is 18.6 Å². The molecule has 2 unspecified atom stereocenters. The zero-order valence-electron chi connectivity index (χ0n) is 56.3. The molecule has 0 aliphatic carbocycles. The molecule has 10 heteroatoms. The number of ether oxygens (including phenoxy) is 2. The van der Waals surface area contributed by atoms with Crippen LogP contribution >= 0.6 is 7.82 Å². The van der Waals surface area contributed by atoms with Gasteiger partial charge < -0.3 is 18.9 Å². The summed E-state index contributed by atoms with van der Waals surface area (Å²) >= 11 is 0. The van der Waals surface area contributed by atoms with E-state index in [0.29, 0.717) is 17.4 Å². The SMILES string of the molecule is CC/C=C\C/C=C\C/C=C\C/C=C\C/C=C\C/C=C\C/C=C\C/C=C\CCCCCCCCCCCCCCC(=O)OC(COC(=O)CCCCCCCCCCCCCCC/C=C\C/C=C\CCCCCCC)COP(=O)(O)OCC[N+](C)(C)C.